The number of rotatable bonds is 12. The second-order valence-electron chi connectivity index (χ2n) is 4.54. The van der Waals surface area contributed by atoms with Gasteiger partial charge in [0.1, 0.15) is 0 Å². The van der Waals surface area contributed by atoms with E-state index >= 15 is 0 Å². The van der Waals surface area contributed by atoms with Crippen molar-refractivity contribution < 1.29 is 0 Å². The molecule has 1 atom stereocenters. The van der Waals surface area contributed by atoms with Gasteiger partial charge in [-0.1, -0.05) is 71.6 Å². The van der Waals surface area contributed by atoms with Gasteiger partial charge in [-0.15, -0.1) is 25.6 Å². The van der Waals surface area contributed by atoms with Crippen molar-refractivity contribution in [3.05, 3.63) is 0 Å². The van der Waals surface area contributed by atoms with Crippen molar-refractivity contribution in [2.75, 3.05) is 12.3 Å². The summed E-state index contributed by atoms with van der Waals surface area (Å²) in [4.78, 5) is 0. The minimum absolute atomic E-state index is 0. The molecule has 0 rings (SSSR count). The van der Waals surface area contributed by atoms with E-state index in [4.69, 9.17) is 0 Å². The van der Waals surface area contributed by atoms with Crippen molar-refractivity contribution in [3.8, 4) is 0 Å². The van der Waals surface area contributed by atoms with E-state index in [-0.39, 0.29) is 23.1 Å². The summed E-state index contributed by atoms with van der Waals surface area (Å²) in [5.74, 6) is 0. The molecule has 0 aromatic heterocycles. The Morgan fingerprint density at radius 1 is 0.647 bits per heavy atom. The molecule has 1 unspecified atom stereocenters. The fourth-order valence-corrected chi connectivity index (χ4v) is 2.77. The van der Waals surface area contributed by atoms with Gasteiger partial charge in [0, 0.05) is 0 Å². The van der Waals surface area contributed by atoms with Crippen molar-refractivity contribution in [3.63, 3.8) is 0 Å². The third-order valence-corrected chi connectivity index (χ3v) is 4.16. The third kappa shape index (κ3) is 22.5. The van der Waals surface area contributed by atoms with Crippen LogP contribution in [0.15, 0.2) is 0 Å². The summed E-state index contributed by atoms with van der Waals surface area (Å²) in [6.45, 7) is 4.59. The zero-order chi connectivity index (χ0) is 11.2. The van der Waals surface area contributed by atoms with Crippen molar-refractivity contribution in [1.82, 2.24) is 6.15 Å². The summed E-state index contributed by atoms with van der Waals surface area (Å²) in [5, 5.41) is 0. The minimum atomic E-state index is 0. The molecule has 3 heteroatoms. The highest BCUT2D eigenvalue weighted by atomic mass is 79.9. The van der Waals surface area contributed by atoms with E-state index in [0.717, 1.165) is 0 Å². The normalized spacial score (nSPS) is 10.2. The van der Waals surface area contributed by atoms with Crippen molar-refractivity contribution in [2.45, 2.75) is 78.1 Å². The molecule has 1 nitrogen and oxygen atoms in total. The molecule has 0 aromatic rings. The van der Waals surface area contributed by atoms with Crippen LogP contribution in [0.1, 0.15) is 78.1 Å². The summed E-state index contributed by atoms with van der Waals surface area (Å²) in [5.41, 5.74) is 0. The molecule has 3 N–H and O–H groups in total. The molecular weight excluding hydrogens is 293 g/mol. The first kappa shape index (κ1) is 23.0. The Balaban J connectivity index is -0.000000980. The van der Waals surface area contributed by atoms with Crippen molar-refractivity contribution in [2.24, 2.45) is 0 Å². The first-order valence-corrected chi connectivity index (χ1v) is 8.54. The Kier molecular flexibility index (Phi) is 29.9. The first-order chi connectivity index (χ1) is 7.41. The molecule has 17 heavy (non-hydrogen) atoms. The highest BCUT2D eigenvalue weighted by Crippen LogP contribution is 2.14. The van der Waals surface area contributed by atoms with Gasteiger partial charge in [0.15, 0.2) is 0 Å². The van der Waals surface area contributed by atoms with Crippen LogP contribution in [0.5, 0.6) is 0 Å². The van der Waals surface area contributed by atoms with Crippen molar-refractivity contribution >= 4 is 25.6 Å². The van der Waals surface area contributed by atoms with Crippen molar-refractivity contribution in [1.29, 1.82) is 0 Å². The predicted molar refractivity (Wildman–Crippen MR) is 90.9 cm³/mol. The molecule has 0 saturated heterocycles. The van der Waals surface area contributed by atoms with E-state index in [2.05, 4.69) is 13.8 Å². The Hall–Kier alpha value is 0.870. The largest absolute Gasteiger partial charge is 0.344 e. The lowest BCUT2D eigenvalue weighted by Gasteiger charge is -2.02. The van der Waals surface area contributed by atoms with E-state index in [9.17, 15) is 0 Å². The fourth-order valence-electron chi connectivity index (χ4n) is 1.91. The first-order valence-electron chi connectivity index (χ1n) is 7.12. The van der Waals surface area contributed by atoms with E-state index in [0.29, 0.717) is 0 Å². The van der Waals surface area contributed by atoms with Gasteiger partial charge in [-0.05, 0) is 18.7 Å². The predicted octanol–water partition coefficient (Wildman–Crippen LogP) is 6.35. The highest BCUT2D eigenvalue weighted by Gasteiger charge is 1.92. The van der Waals surface area contributed by atoms with Crippen LogP contribution < -0.4 is 6.15 Å². The van der Waals surface area contributed by atoms with E-state index in [1.165, 1.54) is 85.1 Å². The lowest BCUT2D eigenvalue weighted by molar-refractivity contribution is 0.563. The Morgan fingerprint density at radius 2 is 1.06 bits per heavy atom. The highest BCUT2D eigenvalue weighted by molar-refractivity contribution is 8.93. The van der Waals surface area contributed by atoms with Gasteiger partial charge in [0.25, 0.3) is 0 Å². The average Bonchev–Trinajstić information content (AvgIpc) is 2.26. The molecule has 0 radical (unpaired) electrons. The number of halogens is 1. The van der Waals surface area contributed by atoms with Crippen LogP contribution in [0.25, 0.3) is 0 Å². The van der Waals surface area contributed by atoms with E-state index < -0.39 is 0 Å². The molecule has 0 amide bonds. The molecule has 0 heterocycles. The molecular formula is C14H35BrNP. The van der Waals surface area contributed by atoms with Gasteiger partial charge in [0.05, 0.1) is 0 Å². The quantitative estimate of drug-likeness (QED) is 0.329. The SMILES string of the molecule is Br.CCCCCCCCCCCCPCC.N. The van der Waals surface area contributed by atoms with E-state index in [1.807, 2.05) is 0 Å². The molecule has 0 aliphatic rings. The third-order valence-electron chi connectivity index (χ3n) is 2.96. The Morgan fingerprint density at radius 3 is 1.47 bits per heavy atom. The van der Waals surface area contributed by atoms with Crippen LogP contribution in [0.4, 0.5) is 0 Å². The number of unbranched alkanes of at least 4 members (excludes halogenated alkanes) is 9. The molecule has 108 valence electrons. The Bertz CT molecular complexity index is 100. The smallest absolute Gasteiger partial charge is 0.0354 e. The monoisotopic (exact) mass is 327 g/mol. The zero-order valence-electron chi connectivity index (χ0n) is 12.1. The molecule has 0 fully saturated rings. The maximum Gasteiger partial charge on any atom is -0.0354 e. The summed E-state index contributed by atoms with van der Waals surface area (Å²) < 4.78 is 0. The van der Waals surface area contributed by atoms with E-state index in [1.54, 1.807) is 0 Å². The second kappa shape index (κ2) is 22.1. The maximum atomic E-state index is 2.30. The summed E-state index contributed by atoms with van der Waals surface area (Å²) in [6, 6.07) is 0. The van der Waals surface area contributed by atoms with Gasteiger partial charge >= 0.3 is 0 Å². The summed E-state index contributed by atoms with van der Waals surface area (Å²) in [6.07, 6.45) is 17.6. The molecule has 0 aliphatic carbocycles. The topological polar surface area (TPSA) is 35.0 Å². The lowest BCUT2D eigenvalue weighted by atomic mass is 10.1. The average molecular weight is 328 g/mol. The molecule has 0 bridgehead atoms. The summed E-state index contributed by atoms with van der Waals surface area (Å²) >= 11 is 0. The molecule has 0 aromatic carbocycles. The van der Waals surface area contributed by atoms with Crippen LogP contribution >= 0.6 is 25.6 Å². The standard InChI is InChI=1S/C14H31P.BrH.H3N/c1-3-5-6-7-8-9-10-11-12-13-14-15-4-2;;/h15H,3-14H2,1-2H3;1H;1H3. The van der Waals surface area contributed by atoms with Gasteiger partial charge in [-0.2, -0.15) is 0 Å². The van der Waals surface area contributed by atoms with Crippen LogP contribution in [0.2, 0.25) is 0 Å². The maximum absolute atomic E-state index is 2.30. The number of hydrogen-bond acceptors (Lipinski definition) is 1. The lowest BCUT2D eigenvalue weighted by Crippen LogP contribution is -1.83. The zero-order valence-corrected chi connectivity index (χ0v) is 14.8. The second-order valence-corrected chi connectivity index (χ2v) is 6.24. The fraction of sp³-hybridized carbons (Fsp3) is 1.00. The van der Waals surface area contributed by atoms with Crippen LogP contribution in [0.3, 0.4) is 0 Å². The Labute approximate surface area is 122 Å². The molecule has 0 aliphatic heterocycles. The van der Waals surface area contributed by atoms with Crippen LogP contribution in [-0.2, 0) is 0 Å². The summed E-state index contributed by atoms with van der Waals surface area (Å²) in [7, 11) is 1.23. The molecule has 0 saturated carbocycles. The van der Waals surface area contributed by atoms with Crippen LogP contribution in [-0.4, -0.2) is 12.3 Å². The van der Waals surface area contributed by atoms with Gasteiger partial charge in [-0.25, -0.2) is 0 Å². The van der Waals surface area contributed by atoms with Gasteiger partial charge < -0.3 is 6.15 Å². The van der Waals surface area contributed by atoms with Crippen LogP contribution in [0, 0.1) is 0 Å². The minimum Gasteiger partial charge on any atom is -0.344 e. The molecule has 0 spiro atoms. The number of hydrogen-bond donors (Lipinski definition) is 1. The van der Waals surface area contributed by atoms with Gasteiger partial charge in [-0.3, -0.25) is 0 Å². The van der Waals surface area contributed by atoms with Gasteiger partial charge in [0.2, 0.25) is 0 Å².